The van der Waals surface area contributed by atoms with Crippen LogP contribution < -0.4 is 0 Å². The maximum atomic E-state index is 13.0. The van der Waals surface area contributed by atoms with Crippen LogP contribution in [0.2, 0.25) is 0 Å². The predicted molar refractivity (Wildman–Crippen MR) is 103 cm³/mol. The molecule has 150 valence electrons. The standard InChI is InChI=1S/C20H27N5O3/c1-3-25-18(8-10-22-25)20(27)23-11-5-7-17(14-23)24(19(26)15-28-2)13-16-6-4-9-21-12-16/h4,6,8-10,12,17H,3,5,7,11,13-15H2,1-2H3. The summed E-state index contributed by atoms with van der Waals surface area (Å²) in [6, 6.07) is 5.50. The highest BCUT2D eigenvalue weighted by Crippen LogP contribution is 2.20. The largest absolute Gasteiger partial charge is 0.375 e. The number of aryl methyl sites for hydroxylation is 1. The van der Waals surface area contributed by atoms with Gasteiger partial charge in [-0.05, 0) is 37.5 Å². The van der Waals surface area contributed by atoms with Gasteiger partial charge in [0.05, 0.1) is 0 Å². The molecule has 1 atom stereocenters. The van der Waals surface area contributed by atoms with E-state index >= 15 is 0 Å². The minimum Gasteiger partial charge on any atom is -0.375 e. The molecule has 2 aromatic rings. The average molecular weight is 385 g/mol. The van der Waals surface area contributed by atoms with E-state index in [1.165, 1.54) is 7.11 Å². The first kappa shape index (κ1) is 20.0. The van der Waals surface area contributed by atoms with Crippen molar-refractivity contribution in [3.8, 4) is 0 Å². The third-order valence-corrected chi connectivity index (χ3v) is 5.02. The Bertz CT molecular complexity index is 792. The van der Waals surface area contributed by atoms with Crippen molar-refractivity contribution in [2.75, 3.05) is 26.8 Å². The molecule has 8 nitrogen and oxygen atoms in total. The molecule has 0 radical (unpaired) electrons. The van der Waals surface area contributed by atoms with E-state index in [0.717, 1.165) is 18.4 Å². The van der Waals surface area contributed by atoms with E-state index in [0.29, 0.717) is 31.9 Å². The molecule has 1 unspecified atom stereocenters. The van der Waals surface area contributed by atoms with Gasteiger partial charge in [-0.1, -0.05) is 6.07 Å². The molecular weight excluding hydrogens is 358 g/mol. The quantitative estimate of drug-likeness (QED) is 0.723. The number of nitrogens with zero attached hydrogens (tertiary/aromatic N) is 5. The highest BCUT2D eigenvalue weighted by Gasteiger charge is 2.31. The van der Waals surface area contributed by atoms with Crippen molar-refractivity contribution in [3.63, 3.8) is 0 Å². The number of rotatable bonds is 7. The van der Waals surface area contributed by atoms with Crippen molar-refractivity contribution in [1.82, 2.24) is 24.6 Å². The fourth-order valence-electron chi connectivity index (χ4n) is 3.64. The maximum Gasteiger partial charge on any atom is 0.272 e. The Labute approximate surface area is 165 Å². The number of methoxy groups -OCH3 is 1. The summed E-state index contributed by atoms with van der Waals surface area (Å²) in [5, 5.41) is 4.19. The lowest BCUT2D eigenvalue weighted by Gasteiger charge is -2.39. The van der Waals surface area contributed by atoms with Crippen molar-refractivity contribution >= 4 is 11.8 Å². The molecule has 0 aliphatic carbocycles. The Morgan fingerprint density at radius 2 is 2.18 bits per heavy atom. The highest BCUT2D eigenvalue weighted by molar-refractivity contribution is 5.92. The number of carbonyl (C=O) groups excluding carboxylic acids is 2. The van der Waals surface area contributed by atoms with Gasteiger partial charge in [-0.25, -0.2) is 0 Å². The first-order chi connectivity index (χ1) is 13.6. The Hall–Kier alpha value is -2.74. The van der Waals surface area contributed by atoms with E-state index in [1.54, 1.807) is 29.3 Å². The van der Waals surface area contributed by atoms with Crippen LogP contribution in [-0.4, -0.2) is 69.2 Å². The van der Waals surface area contributed by atoms with Gasteiger partial charge in [0.25, 0.3) is 5.91 Å². The SMILES string of the molecule is CCn1nccc1C(=O)N1CCCC(N(Cc2cccnc2)C(=O)COC)C1. The van der Waals surface area contributed by atoms with Crippen LogP contribution in [0.15, 0.2) is 36.8 Å². The Morgan fingerprint density at radius 1 is 1.32 bits per heavy atom. The van der Waals surface area contributed by atoms with E-state index < -0.39 is 0 Å². The smallest absolute Gasteiger partial charge is 0.272 e. The third kappa shape index (κ3) is 4.56. The van der Waals surface area contributed by atoms with Crippen molar-refractivity contribution in [2.24, 2.45) is 0 Å². The van der Waals surface area contributed by atoms with Crippen LogP contribution in [0.4, 0.5) is 0 Å². The second-order valence-corrected chi connectivity index (χ2v) is 6.90. The minimum absolute atomic E-state index is 0.0211. The molecule has 8 heteroatoms. The van der Waals surface area contributed by atoms with E-state index in [1.807, 2.05) is 28.9 Å². The summed E-state index contributed by atoms with van der Waals surface area (Å²) in [6.45, 7) is 4.27. The number of pyridine rings is 1. The molecule has 3 rings (SSSR count). The summed E-state index contributed by atoms with van der Waals surface area (Å²) in [4.78, 5) is 33.5. The van der Waals surface area contributed by atoms with Crippen LogP contribution in [0.25, 0.3) is 0 Å². The van der Waals surface area contributed by atoms with E-state index in [2.05, 4.69) is 10.1 Å². The van der Waals surface area contributed by atoms with Gasteiger partial charge < -0.3 is 14.5 Å². The van der Waals surface area contributed by atoms with Crippen molar-refractivity contribution in [3.05, 3.63) is 48.0 Å². The molecule has 1 fully saturated rings. The molecule has 28 heavy (non-hydrogen) atoms. The number of hydrogen-bond acceptors (Lipinski definition) is 5. The first-order valence-electron chi connectivity index (χ1n) is 9.62. The van der Waals surface area contributed by atoms with Gasteiger partial charge in [-0.3, -0.25) is 19.3 Å². The number of ether oxygens (including phenoxy) is 1. The monoisotopic (exact) mass is 385 g/mol. The number of carbonyl (C=O) groups is 2. The lowest BCUT2D eigenvalue weighted by Crippen LogP contribution is -2.52. The molecule has 0 spiro atoms. The Kier molecular flexibility index (Phi) is 6.76. The zero-order valence-corrected chi connectivity index (χ0v) is 16.5. The molecular formula is C20H27N5O3. The molecule has 0 bridgehead atoms. The summed E-state index contributed by atoms with van der Waals surface area (Å²) in [5.41, 5.74) is 1.55. The zero-order chi connectivity index (χ0) is 19.9. The summed E-state index contributed by atoms with van der Waals surface area (Å²) < 4.78 is 6.78. The maximum absolute atomic E-state index is 13.0. The summed E-state index contributed by atoms with van der Waals surface area (Å²) >= 11 is 0. The molecule has 3 heterocycles. The van der Waals surface area contributed by atoms with Crippen LogP contribution in [-0.2, 0) is 22.6 Å². The first-order valence-corrected chi connectivity index (χ1v) is 9.62. The Morgan fingerprint density at radius 3 is 2.89 bits per heavy atom. The molecule has 2 aromatic heterocycles. The van der Waals surface area contributed by atoms with Gasteiger partial charge in [0.1, 0.15) is 12.3 Å². The molecule has 2 amide bonds. The van der Waals surface area contributed by atoms with Crippen LogP contribution in [0.1, 0.15) is 35.8 Å². The second kappa shape index (κ2) is 9.45. The van der Waals surface area contributed by atoms with Gasteiger partial charge in [-0.15, -0.1) is 0 Å². The number of hydrogen-bond donors (Lipinski definition) is 0. The summed E-state index contributed by atoms with van der Waals surface area (Å²) in [6.07, 6.45) is 6.82. The number of amides is 2. The lowest BCUT2D eigenvalue weighted by atomic mass is 10.0. The molecule has 0 aromatic carbocycles. The molecule has 1 aliphatic rings. The van der Waals surface area contributed by atoms with E-state index in [4.69, 9.17) is 4.74 Å². The van der Waals surface area contributed by atoms with Crippen LogP contribution >= 0.6 is 0 Å². The summed E-state index contributed by atoms with van der Waals surface area (Å²) in [7, 11) is 1.52. The van der Waals surface area contributed by atoms with Crippen LogP contribution in [0.5, 0.6) is 0 Å². The topological polar surface area (TPSA) is 80.6 Å². The minimum atomic E-state index is -0.0794. The van der Waals surface area contributed by atoms with Gasteiger partial charge in [-0.2, -0.15) is 5.10 Å². The van der Waals surface area contributed by atoms with Crippen molar-refractivity contribution in [1.29, 1.82) is 0 Å². The number of piperidine rings is 1. The lowest BCUT2D eigenvalue weighted by molar-refractivity contribution is -0.139. The average Bonchev–Trinajstić information content (AvgIpc) is 3.21. The third-order valence-electron chi connectivity index (χ3n) is 5.02. The molecule has 1 aliphatic heterocycles. The predicted octanol–water partition coefficient (Wildman–Crippen LogP) is 1.58. The fourth-order valence-corrected chi connectivity index (χ4v) is 3.64. The van der Waals surface area contributed by atoms with Gasteiger partial charge in [0, 0.05) is 57.9 Å². The van der Waals surface area contributed by atoms with E-state index in [9.17, 15) is 9.59 Å². The molecule has 1 saturated heterocycles. The normalized spacial score (nSPS) is 16.8. The van der Waals surface area contributed by atoms with Crippen molar-refractivity contribution < 1.29 is 14.3 Å². The molecule has 0 N–H and O–H groups in total. The summed E-state index contributed by atoms with van der Waals surface area (Å²) in [5.74, 6) is -0.117. The fraction of sp³-hybridized carbons (Fsp3) is 0.500. The number of aromatic nitrogens is 3. The van der Waals surface area contributed by atoms with Crippen LogP contribution in [0.3, 0.4) is 0 Å². The zero-order valence-electron chi connectivity index (χ0n) is 16.5. The second-order valence-electron chi connectivity index (χ2n) is 6.90. The van der Waals surface area contributed by atoms with Crippen molar-refractivity contribution in [2.45, 2.75) is 38.9 Å². The number of likely N-dealkylation sites (tertiary alicyclic amines) is 1. The highest BCUT2D eigenvalue weighted by atomic mass is 16.5. The van der Waals surface area contributed by atoms with Gasteiger partial charge in [0.2, 0.25) is 5.91 Å². The molecule has 0 saturated carbocycles. The van der Waals surface area contributed by atoms with Gasteiger partial charge in [0.15, 0.2) is 0 Å². The van der Waals surface area contributed by atoms with Gasteiger partial charge >= 0.3 is 0 Å². The Balaban J connectivity index is 1.76. The van der Waals surface area contributed by atoms with E-state index in [-0.39, 0.29) is 24.5 Å². The van der Waals surface area contributed by atoms with Crippen LogP contribution in [0, 0.1) is 0 Å².